The predicted molar refractivity (Wildman–Crippen MR) is 56.8 cm³/mol. The lowest BCUT2D eigenvalue weighted by atomic mass is 10.1. The van der Waals surface area contributed by atoms with Gasteiger partial charge in [-0.2, -0.15) is 0 Å². The van der Waals surface area contributed by atoms with Crippen molar-refractivity contribution in [3.63, 3.8) is 0 Å². The van der Waals surface area contributed by atoms with E-state index in [4.69, 9.17) is 4.42 Å². The van der Waals surface area contributed by atoms with Crippen LogP contribution in [0, 0.1) is 0 Å². The molecule has 2 heteroatoms. The van der Waals surface area contributed by atoms with E-state index in [2.05, 4.69) is 6.92 Å². The van der Waals surface area contributed by atoms with Crippen molar-refractivity contribution in [3.05, 3.63) is 41.7 Å². The zero-order chi connectivity index (χ0) is 10.4. The molecular formula is C12H16O2. The van der Waals surface area contributed by atoms with Crippen LogP contribution < -0.4 is 0 Å². The smallest absolute Gasteiger partial charge is 0.285 e. The molecule has 1 heterocycles. The average molecular weight is 192 g/mol. The van der Waals surface area contributed by atoms with E-state index in [0.717, 1.165) is 24.0 Å². The predicted octanol–water partition coefficient (Wildman–Crippen LogP) is 3.23. The molecule has 0 amide bonds. The van der Waals surface area contributed by atoms with Crippen molar-refractivity contribution in [2.24, 2.45) is 0 Å². The van der Waals surface area contributed by atoms with Crippen LogP contribution in [0.5, 0.6) is 5.95 Å². The molecule has 0 saturated heterocycles. The van der Waals surface area contributed by atoms with Crippen LogP contribution in [0.25, 0.3) is 0 Å². The molecule has 0 radical (unpaired) electrons. The Morgan fingerprint density at radius 1 is 1.14 bits per heavy atom. The van der Waals surface area contributed by atoms with Gasteiger partial charge >= 0.3 is 0 Å². The molecule has 1 aromatic heterocycles. The van der Waals surface area contributed by atoms with Gasteiger partial charge in [0.2, 0.25) is 0 Å². The normalized spacial score (nSPS) is 9.57. The van der Waals surface area contributed by atoms with Crippen molar-refractivity contribution < 1.29 is 9.52 Å². The van der Waals surface area contributed by atoms with Gasteiger partial charge in [0, 0.05) is 5.56 Å². The second-order valence-corrected chi connectivity index (χ2v) is 3.01. The standard InChI is InChI=1S/C12H16O2/c1-3-10-8-6-5-7-9-14-12(13)11(10)4-2/h5-9,13H,3-4H2,1-2H3. The van der Waals surface area contributed by atoms with Gasteiger partial charge in [-0.25, -0.2) is 0 Å². The van der Waals surface area contributed by atoms with Gasteiger partial charge in [0.1, 0.15) is 0 Å². The third-order valence-corrected chi connectivity index (χ3v) is 2.16. The molecule has 0 aliphatic rings. The van der Waals surface area contributed by atoms with E-state index >= 15 is 0 Å². The molecule has 0 saturated carbocycles. The number of aromatic hydroxyl groups is 1. The topological polar surface area (TPSA) is 33.4 Å². The van der Waals surface area contributed by atoms with Crippen LogP contribution in [-0.2, 0) is 12.8 Å². The van der Waals surface area contributed by atoms with Crippen LogP contribution in [0.1, 0.15) is 25.0 Å². The van der Waals surface area contributed by atoms with Crippen LogP contribution in [0.15, 0.2) is 34.9 Å². The van der Waals surface area contributed by atoms with Gasteiger partial charge < -0.3 is 9.52 Å². The Hall–Kier alpha value is -1.44. The second-order valence-electron chi connectivity index (χ2n) is 3.01. The first-order valence-electron chi connectivity index (χ1n) is 4.91. The monoisotopic (exact) mass is 192 g/mol. The summed E-state index contributed by atoms with van der Waals surface area (Å²) in [5.74, 6) is 0.0144. The molecule has 0 aliphatic carbocycles. The number of hydrogen-bond donors (Lipinski definition) is 1. The van der Waals surface area contributed by atoms with Crippen molar-refractivity contribution in [1.82, 2.24) is 0 Å². The summed E-state index contributed by atoms with van der Waals surface area (Å²) in [5, 5.41) is 9.64. The fourth-order valence-electron chi connectivity index (χ4n) is 1.40. The Bertz CT molecular complexity index is 338. The Morgan fingerprint density at radius 3 is 2.57 bits per heavy atom. The molecule has 1 aromatic rings. The van der Waals surface area contributed by atoms with Crippen molar-refractivity contribution in [1.29, 1.82) is 0 Å². The largest absolute Gasteiger partial charge is 0.481 e. The molecule has 0 fully saturated rings. The second kappa shape index (κ2) is 5.32. The van der Waals surface area contributed by atoms with Crippen molar-refractivity contribution in [3.8, 4) is 5.95 Å². The maximum absolute atomic E-state index is 9.64. The molecule has 1 N–H and O–H groups in total. The highest BCUT2D eigenvalue weighted by Crippen LogP contribution is 2.19. The zero-order valence-electron chi connectivity index (χ0n) is 8.66. The highest BCUT2D eigenvalue weighted by molar-refractivity contribution is 5.30. The minimum Gasteiger partial charge on any atom is -0.481 e. The summed E-state index contributed by atoms with van der Waals surface area (Å²) < 4.78 is 5.06. The Morgan fingerprint density at radius 2 is 1.93 bits per heavy atom. The molecule has 0 atom stereocenters. The first-order valence-corrected chi connectivity index (χ1v) is 4.91. The molecule has 1 rings (SSSR count). The molecule has 0 aliphatic heterocycles. The lowest BCUT2D eigenvalue weighted by molar-refractivity contribution is 0.319. The maximum atomic E-state index is 9.64. The first-order chi connectivity index (χ1) is 6.79. The summed E-state index contributed by atoms with van der Waals surface area (Å²) in [6.07, 6.45) is 3.14. The van der Waals surface area contributed by atoms with Gasteiger partial charge in [-0.15, -0.1) is 0 Å². The van der Waals surface area contributed by atoms with Gasteiger partial charge in [0.15, 0.2) is 0 Å². The minimum absolute atomic E-state index is 0.0144. The lowest BCUT2D eigenvalue weighted by Crippen LogP contribution is -1.87. The van der Waals surface area contributed by atoms with Gasteiger partial charge in [-0.1, -0.05) is 32.0 Å². The summed E-state index contributed by atoms with van der Waals surface area (Å²) in [6.45, 7) is 4.07. The van der Waals surface area contributed by atoms with E-state index in [0.29, 0.717) is 0 Å². The van der Waals surface area contributed by atoms with Crippen molar-refractivity contribution in [2.45, 2.75) is 26.7 Å². The Balaban J connectivity index is 3.43. The fourth-order valence-corrected chi connectivity index (χ4v) is 1.40. The molecule has 14 heavy (non-hydrogen) atoms. The highest BCUT2D eigenvalue weighted by Gasteiger charge is 2.02. The van der Waals surface area contributed by atoms with E-state index < -0.39 is 0 Å². The summed E-state index contributed by atoms with van der Waals surface area (Å²) in [7, 11) is 0. The van der Waals surface area contributed by atoms with E-state index in [9.17, 15) is 5.11 Å². The molecule has 0 spiro atoms. The summed E-state index contributed by atoms with van der Waals surface area (Å²) >= 11 is 0. The van der Waals surface area contributed by atoms with Crippen LogP contribution in [0.2, 0.25) is 0 Å². The number of hydrogen-bond acceptors (Lipinski definition) is 2. The maximum Gasteiger partial charge on any atom is 0.285 e. The van der Waals surface area contributed by atoms with Gasteiger partial charge in [0.25, 0.3) is 5.95 Å². The molecule has 76 valence electrons. The fraction of sp³-hybridized carbons (Fsp3) is 0.333. The lowest BCUT2D eigenvalue weighted by Gasteiger charge is -2.01. The summed E-state index contributed by atoms with van der Waals surface area (Å²) in [5.41, 5.74) is 1.99. The zero-order valence-corrected chi connectivity index (χ0v) is 8.66. The summed E-state index contributed by atoms with van der Waals surface area (Å²) in [4.78, 5) is 0. The van der Waals surface area contributed by atoms with E-state index in [1.807, 2.05) is 25.1 Å². The van der Waals surface area contributed by atoms with Crippen LogP contribution in [0.3, 0.4) is 0 Å². The molecule has 0 bridgehead atoms. The number of rotatable bonds is 2. The SMILES string of the molecule is CCc1cccccoc(O)c1CC. The quantitative estimate of drug-likeness (QED) is 0.780. The highest BCUT2D eigenvalue weighted by atomic mass is 16.5. The minimum atomic E-state index is 0.0144. The molecular weight excluding hydrogens is 176 g/mol. The Labute approximate surface area is 84.5 Å². The third-order valence-electron chi connectivity index (χ3n) is 2.16. The number of aryl methyl sites for hydroxylation is 1. The van der Waals surface area contributed by atoms with Crippen LogP contribution in [-0.4, -0.2) is 5.11 Å². The average Bonchev–Trinajstić information content (AvgIpc) is 2.28. The molecule has 2 nitrogen and oxygen atoms in total. The van der Waals surface area contributed by atoms with Crippen molar-refractivity contribution in [2.75, 3.05) is 0 Å². The van der Waals surface area contributed by atoms with E-state index in [1.165, 1.54) is 6.26 Å². The summed E-state index contributed by atoms with van der Waals surface area (Å²) in [6, 6.07) is 7.58. The van der Waals surface area contributed by atoms with Gasteiger partial charge in [-0.05, 0) is 24.5 Å². The van der Waals surface area contributed by atoms with Crippen LogP contribution >= 0.6 is 0 Å². The van der Waals surface area contributed by atoms with Crippen LogP contribution in [0.4, 0.5) is 0 Å². The van der Waals surface area contributed by atoms with E-state index in [-0.39, 0.29) is 5.95 Å². The van der Waals surface area contributed by atoms with E-state index in [1.54, 1.807) is 6.07 Å². The molecule has 0 unspecified atom stereocenters. The first kappa shape index (κ1) is 10.6. The molecule has 0 aromatic carbocycles. The van der Waals surface area contributed by atoms with Gasteiger partial charge in [0.05, 0.1) is 6.26 Å². The van der Waals surface area contributed by atoms with Gasteiger partial charge in [-0.3, -0.25) is 0 Å². The van der Waals surface area contributed by atoms with Crippen molar-refractivity contribution >= 4 is 0 Å². The third kappa shape index (κ3) is 2.52. The Kier molecular flexibility index (Phi) is 4.05.